The fraction of sp³-hybridized carbons (Fsp3) is 0.600. The Morgan fingerprint density at radius 1 is 1.78 bits per heavy atom. The lowest BCUT2D eigenvalue weighted by Gasteiger charge is -1.96. The van der Waals surface area contributed by atoms with Crippen LogP contribution in [0.5, 0.6) is 0 Å². The van der Waals surface area contributed by atoms with Gasteiger partial charge in [0.1, 0.15) is 0 Å². The zero-order valence-electron chi connectivity index (χ0n) is 4.66. The van der Waals surface area contributed by atoms with Crippen LogP contribution in [0.1, 0.15) is 6.42 Å². The molecule has 0 bridgehead atoms. The molecule has 0 unspecified atom stereocenters. The number of ketones is 1. The van der Waals surface area contributed by atoms with Gasteiger partial charge in [-0.05, 0) is 0 Å². The van der Waals surface area contributed by atoms with Gasteiger partial charge in [0.05, 0.1) is 0 Å². The van der Waals surface area contributed by atoms with Crippen molar-refractivity contribution in [3.63, 3.8) is 0 Å². The number of carboxylic acid groups (broad SMARTS) is 1. The Morgan fingerprint density at radius 2 is 2.44 bits per heavy atom. The van der Waals surface area contributed by atoms with E-state index >= 15 is 0 Å². The minimum Gasteiger partial charge on any atom is -0.480 e. The molecule has 3 nitrogen and oxygen atoms in total. The highest BCUT2D eigenvalue weighted by atomic mass is 32.2. The van der Waals surface area contributed by atoms with Crippen LogP contribution in [0.15, 0.2) is 0 Å². The minimum atomic E-state index is -0.998. The summed E-state index contributed by atoms with van der Waals surface area (Å²) in [4.78, 5) is 20.8. The van der Waals surface area contributed by atoms with E-state index in [-0.39, 0.29) is 5.78 Å². The molecule has 1 atom stereocenters. The number of hydrogen-bond donors (Lipinski definition) is 1. The van der Waals surface area contributed by atoms with Gasteiger partial charge in [0.2, 0.25) is 0 Å². The summed E-state index contributed by atoms with van der Waals surface area (Å²) < 4.78 is 0. The quantitative estimate of drug-likeness (QED) is 0.535. The second-order valence-electron chi connectivity index (χ2n) is 1.81. The average molecular weight is 146 g/mol. The normalized spacial score (nSPS) is 26.7. The molecule has 9 heavy (non-hydrogen) atoms. The molecule has 1 saturated heterocycles. The average Bonchev–Trinajstić information content (AvgIpc) is 2.13. The van der Waals surface area contributed by atoms with Crippen LogP contribution in [0.4, 0.5) is 0 Å². The molecule has 1 rings (SSSR count). The van der Waals surface area contributed by atoms with Crippen LogP contribution < -0.4 is 0 Å². The summed E-state index contributed by atoms with van der Waals surface area (Å²) in [6.07, 6.45) is 0.418. The lowest BCUT2D eigenvalue weighted by atomic mass is 10.2. The zero-order valence-corrected chi connectivity index (χ0v) is 5.48. The number of rotatable bonds is 1. The standard InChI is InChI=1S/C5H6O3S/c6-3-1-2-9-4(3)5(7)8/h4H,1-2H2,(H,7,8)/t4-/m0/s1. The second kappa shape index (κ2) is 2.39. The molecule has 0 aliphatic carbocycles. The molecule has 1 aliphatic rings. The van der Waals surface area contributed by atoms with Crippen molar-refractivity contribution in [1.82, 2.24) is 0 Å². The highest BCUT2D eigenvalue weighted by Gasteiger charge is 2.31. The summed E-state index contributed by atoms with van der Waals surface area (Å²) in [7, 11) is 0. The molecule has 0 saturated carbocycles. The van der Waals surface area contributed by atoms with Gasteiger partial charge >= 0.3 is 5.97 Å². The molecule has 4 heteroatoms. The van der Waals surface area contributed by atoms with Crippen molar-refractivity contribution in [2.24, 2.45) is 0 Å². The number of Topliss-reactive ketones (excluding diaryl/α,β-unsaturated/α-hetero) is 1. The first-order valence-electron chi connectivity index (χ1n) is 2.59. The number of carbonyl (C=O) groups is 2. The summed E-state index contributed by atoms with van der Waals surface area (Å²) in [6, 6.07) is 0. The molecule has 0 aromatic rings. The van der Waals surface area contributed by atoms with E-state index in [2.05, 4.69) is 0 Å². The van der Waals surface area contributed by atoms with E-state index in [1.807, 2.05) is 0 Å². The van der Waals surface area contributed by atoms with Crippen molar-refractivity contribution in [2.45, 2.75) is 11.7 Å². The predicted octanol–water partition coefficient (Wildman–Crippen LogP) is 0.146. The molecule has 1 heterocycles. The van der Waals surface area contributed by atoms with Gasteiger partial charge in [0.15, 0.2) is 11.0 Å². The molecule has 1 N–H and O–H groups in total. The van der Waals surface area contributed by atoms with E-state index in [9.17, 15) is 9.59 Å². The molecule has 0 radical (unpaired) electrons. The van der Waals surface area contributed by atoms with E-state index in [1.54, 1.807) is 0 Å². The Hall–Kier alpha value is -0.510. The largest absolute Gasteiger partial charge is 0.480 e. The van der Waals surface area contributed by atoms with Crippen molar-refractivity contribution in [3.8, 4) is 0 Å². The number of thioether (sulfide) groups is 1. The monoisotopic (exact) mass is 146 g/mol. The van der Waals surface area contributed by atoms with Crippen LogP contribution >= 0.6 is 11.8 Å². The number of hydrogen-bond acceptors (Lipinski definition) is 3. The van der Waals surface area contributed by atoms with Gasteiger partial charge in [-0.3, -0.25) is 9.59 Å². The van der Waals surface area contributed by atoms with Gasteiger partial charge in [-0.1, -0.05) is 0 Å². The fourth-order valence-electron chi connectivity index (χ4n) is 0.710. The topological polar surface area (TPSA) is 54.4 Å². The van der Waals surface area contributed by atoms with Crippen molar-refractivity contribution < 1.29 is 14.7 Å². The Labute approximate surface area is 56.4 Å². The first-order chi connectivity index (χ1) is 4.22. The third-order valence-corrected chi connectivity index (χ3v) is 2.39. The van der Waals surface area contributed by atoms with Gasteiger partial charge in [-0.2, -0.15) is 0 Å². The molecule has 0 aromatic heterocycles. The highest BCUT2D eigenvalue weighted by Crippen LogP contribution is 2.22. The van der Waals surface area contributed by atoms with Gasteiger partial charge < -0.3 is 5.11 Å². The molecule has 0 spiro atoms. The van der Waals surface area contributed by atoms with E-state index in [1.165, 1.54) is 11.8 Å². The van der Waals surface area contributed by atoms with Crippen LogP contribution in [0.2, 0.25) is 0 Å². The highest BCUT2D eigenvalue weighted by molar-refractivity contribution is 8.01. The maximum absolute atomic E-state index is 10.6. The molecular formula is C5H6O3S. The van der Waals surface area contributed by atoms with Crippen molar-refractivity contribution in [1.29, 1.82) is 0 Å². The first-order valence-corrected chi connectivity index (χ1v) is 3.64. The fourth-order valence-corrected chi connectivity index (χ4v) is 1.71. The Balaban J connectivity index is 2.60. The van der Waals surface area contributed by atoms with Gasteiger partial charge in [-0.15, -0.1) is 11.8 Å². The lowest BCUT2D eigenvalue weighted by molar-refractivity contribution is -0.139. The third-order valence-electron chi connectivity index (χ3n) is 1.15. The second-order valence-corrected chi connectivity index (χ2v) is 3.02. The van der Waals surface area contributed by atoms with Crippen LogP contribution in [0, 0.1) is 0 Å². The minimum absolute atomic E-state index is 0.146. The van der Waals surface area contributed by atoms with Crippen LogP contribution in [0.3, 0.4) is 0 Å². The van der Waals surface area contributed by atoms with E-state index in [4.69, 9.17) is 5.11 Å². The van der Waals surface area contributed by atoms with Crippen LogP contribution in [0.25, 0.3) is 0 Å². The smallest absolute Gasteiger partial charge is 0.324 e. The molecule has 1 aliphatic heterocycles. The van der Waals surface area contributed by atoms with Crippen LogP contribution in [-0.2, 0) is 9.59 Å². The molecular weight excluding hydrogens is 140 g/mol. The summed E-state index contributed by atoms with van der Waals surface area (Å²) in [5, 5.41) is 7.57. The zero-order chi connectivity index (χ0) is 6.85. The van der Waals surface area contributed by atoms with Crippen molar-refractivity contribution in [2.75, 3.05) is 5.75 Å². The maximum atomic E-state index is 10.6. The molecule has 0 amide bonds. The van der Waals surface area contributed by atoms with E-state index < -0.39 is 11.2 Å². The third kappa shape index (κ3) is 1.24. The Bertz CT molecular complexity index is 154. The SMILES string of the molecule is O=C(O)[C@H]1SCCC1=O. The Morgan fingerprint density at radius 3 is 2.67 bits per heavy atom. The maximum Gasteiger partial charge on any atom is 0.324 e. The van der Waals surface area contributed by atoms with Crippen LogP contribution in [-0.4, -0.2) is 27.9 Å². The van der Waals surface area contributed by atoms with Gasteiger partial charge in [0.25, 0.3) is 0 Å². The predicted molar refractivity (Wildman–Crippen MR) is 33.5 cm³/mol. The lowest BCUT2D eigenvalue weighted by Crippen LogP contribution is -2.21. The molecule has 1 fully saturated rings. The van der Waals surface area contributed by atoms with Crippen molar-refractivity contribution in [3.05, 3.63) is 0 Å². The van der Waals surface area contributed by atoms with E-state index in [0.29, 0.717) is 12.2 Å². The molecule has 0 aromatic carbocycles. The van der Waals surface area contributed by atoms with Crippen molar-refractivity contribution >= 4 is 23.5 Å². The summed E-state index contributed by atoms with van der Waals surface area (Å²) in [5.74, 6) is -0.481. The Kier molecular flexibility index (Phi) is 1.75. The first kappa shape index (κ1) is 6.61. The molecule has 50 valence electrons. The van der Waals surface area contributed by atoms with E-state index in [0.717, 1.165) is 0 Å². The number of carboxylic acids is 1. The summed E-state index contributed by atoms with van der Waals surface area (Å²) in [6.45, 7) is 0. The summed E-state index contributed by atoms with van der Waals surface area (Å²) >= 11 is 1.21. The van der Waals surface area contributed by atoms with Gasteiger partial charge in [-0.25, -0.2) is 0 Å². The number of aliphatic carboxylic acids is 1. The van der Waals surface area contributed by atoms with Gasteiger partial charge in [0, 0.05) is 12.2 Å². The summed E-state index contributed by atoms with van der Waals surface area (Å²) in [5.41, 5.74) is 0. The number of carbonyl (C=O) groups excluding carboxylic acids is 1.